The molecule has 0 amide bonds. The predicted molar refractivity (Wildman–Crippen MR) is 94.0 cm³/mol. The van der Waals surface area contributed by atoms with Crippen LogP contribution in [0.1, 0.15) is 11.1 Å². The lowest BCUT2D eigenvalue weighted by Crippen LogP contribution is -2.48. The molecule has 0 atom stereocenters. The Morgan fingerprint density at radius 3 is 2.29 bits per heavy atom. The highest BCUT2D eigenvalue weighted by Crippen LogP contribution is 2.16. The molecule has 0 bridgehead atoms. The Balaban J connectivity index is 1.99. The van der Waals surface area contributed by atoms with Crippen LogP contribution in [-0.4, -0.2) is 71.6 Å². The molecule has 0 aromatic heterocycles. The van der Waals surface area contributed by atoms with Gasteiger partial charge in [-0.25, -0.2) is 21.6 Å². The molecule has 7 nitrogen and oxygen atoms in total. The maximum atomic E-state index is 12.4. The van der Waals surface area contributed by atoms with E-state index in [1.54, 1.807) is 19.1 Å². The largest absolute Gasteiger partial charge is 0.304 e. The van der Waals surface area contributed by atoms with Gasteiger partial charge in [0.15, 0.2) is 0 Å². The number of benzene rings is 1. The van der Waals surface area contributed by atoms with Gasteiger partial charge in [0.1, 0.15) is 0 Å². The fraction of sp³-hybridized carbons (Fsp3) is 0.600. The SMILES string of the molecule is Cc1ccc(C)c(S(=O)(=O)NCCS(=O)(=O)N2CCN(C)CC2)c1. The molecule has 0 radical (unpaired) electrons. The summed E-state index contributed by atoms with van der Waals surface area (Å²) in [4.78, 5) is 2.26. The third kappa shape index (κ3) is 4.76. The quantitative estimate of drug-likeness (QED) is 0.765. The van der Waals surface area contributed by atoms with E-state index >= 15 is 0 Å². The van der Waals surface area contributed by atoms with Gasteiger partial charge in [-0.05, 0) is 38.1 Å². The normalized spacial score (nSPS) is 18.0. The molecule has 136 valence electrons. The molecule has 1 aromatic carbocycles. The summed E-state index contributed by atoms with van der Waals surface area (Å²) < 4.78 is 53.2. The molecule has 1 aliphatic heterocycles. The Bertz CT molecular complexity index is 783. The molecule has 1 fully saturated rings. The minimum Gasteiger partial charge on any atom is -0.304 e. The molecule has 1 heterocycles. The zero-order valence-corrected chi connectivity index (χ0v) is 16.0. The van der Waals surface area contributed by atoms with E-state index in [1.807, 2.05) is 20.0 Å². The minimum absolute atomic E-state index is 0.135. The van der Waals surface area contributed by atoms with E-state index in [0.29, 0.717) is 31.7 Å². The van der Waals surface area contributed by atoms with E-state index in [-0.39, 0.29) is 17.2 Å². The number of nitrogens with one attached hydrogen (secondary N) is 1. The molecule has 0 unspecified atom stereocenters. The first-order valence-electron chi connectivity index (χ1n) is 7.85. The zero-order valence-electron chi connectivity index (χ0n) is 14.3. The predicted octanol–water partition coefficient (Wildman–Crippen LogP) is 0.159. The van der Waals surface area contributed by atoms with Crippen LogP contribution >= 0.6 is 0 Å². The smallest absolute Gasteiger partial charge is 0.240 e. The highest BCUT2D eigenvalue weighted by molar-refractivity contribution is 7.90. The van der Waals surface area contributed by atoms with E-state index in [4.69, 9.17) is 0 Å². The summed E-state index contributed by atoms with van der Waals surface area (Å²) >= 11 is 0. The summed E-state index contributed by atoms with van der Waals surface area (Å²) in [5.41, 5.74) is 1.47. The van der Waals surface area contributed by atoms with Crippen LogP contribution < -0.4 is 4.72 Å². The fourth-order valence-electron chi connectivity index (χ4n) is 2.57. The molecule has 9 heteroatoms. The van der Waals surface area contributed by atoms with E-state index < -0.39 is 20.0 Å². The summed E-state index contributed by atoms with van der Waals surface area (Å²) in [6.07, 6.45) is 0. The molecule has 1 N–H and O–H groups in total. The summed E-state index contributed by atoms with van der Waals surface area (Å²) in [5.74, 6) is -0.235. The number of hydrogen-bond donors (Lipinski definition) is 1. The number of piperazine rings is 1. The van der Waals surface area contributed by atoms with Crippen molar-refractivity contribution in [2.24, 2.45) is 0 Å². The van der Waals surface area contributed by atoms with Gasteiger partial charge in [0.2, 0.25) is 20.0 Å². The lowest BCUT2D eigenvalue weighted by molar-refractivity contribution is 0.222. The van der Waals surface area contributed by atoms with Gasteiger partial charge in [0.05, 0.1) is 10.6 Å². The first-order valence-corrected chi connectivity index (χ1v) is 10.9. The molecular formula is C15H25N3O4S2. The van der Waals surface area contributed by atoms with E-state index in [2.05, 4.69) is 9.62 Å². The Morgan fingerprint density at radius 1 is 1.04 bits per heavy atom. The van der Waals surface area contributed by atoms with Gasteiger partial charge in [0, 0.05) is 32.7 Å². The molecule has 1 aromatic rings. The first kappa shape index (κ1) is 19.3. The number of nitrogens with zero attached hydrogens (tertiary/aromatic N) is 2. The van der Waals surface area contributed by atoms with Gasteiger partial charge in [0.25, 0.3) is 0 Å². The maximum absolute atomic E-state index is 12.4. The Labute approximate surface area is 144 Å². The number of rotatable bonds is 6. The standard InChI is InChI=1S/C15H25N3O4S2/c1-13-4-5-14(2)15(12-13)24(21,22)16-6-11-23(19,20)18-9-7-17(3)8-10-18/h4-5,12,16H,6-11H2,1-3H3. The van der Waals surface area contributed by atoms with Crippen molar-refractivity contribution < 1.29 is 16.8 Å². The third-order valence-corrected chi connectivity index (χ3v) is 7.62. The maximum Gasteiger partial charge on any atom is 0.240 e. The van der Waals surface area contributed by atoms with Crippen molar-refractivity contribution in [1.82, 2.24) is 13.9 Å². The van der Waals surface area contributed by atoms with Crippen LogP contribution in [0, 0.1) is 13.8 Å². The van der Waals surface area contributed by atoms with Crippen LogP contribution in [0.5, 0.6) is 0 Å². The van der Waals surface area contributed by atoms with Gasteiger partial charge in [-0.2, -0.15) is 4.31 Å². The van der Waals surface area contributed by atoms with E-state index in [0.717, 1.165) is 5.56 Å². The van der Waals surface area contributed by atoms with E-state index in [1.165, 1.54) is 4.31 Å². The topological polar surface area (TPSA) is 86.8 Å². The molecule has 2 rings (SSSR count). The van der Waals surface area contributed by atoms with Gasteiger partial charge >= 0.3 is 0 Å². The molecule has 24 heavy (non-hydrogen) atoms. The Hall–Kier alpha value is -1.00. The summed E-state index contributed by atoms with van der Waals surface area (Å²) in [6, 6.07) is 5.17. The van der Waals surface area contributed by atoms with Crippen LogP contribution in [0.4, 0.5) is 0 Å². The Morgan fingerprint density at radius 2 is 1.67 bits per heavy atom. The average molecular weight is 376 g/mol. The fourth-order valence-corrected chi connectivity index (χ4v) is 5.40. The van der Waals surface area contributed by atoms with Crippen molar-refractivity contribution in [2.75, 3.05) is 45.5 Å². The van der Waals surface area contributed by atoms with Crippen molar-refractivity contribution in [3.63, 3.8) is 0 Å². The van der Waals surface area contributed by atoms with Crippen molar-refractivity contribution in [3.05, 3.63) is 29.3 Å². The molecular weight excluding hydrogens is 350 g/mol. The van der Waals surface area contributed by atoms with Crippen LogP contribution in [0.25, 0.3) is 0 Å². The zero-order chi connectivity index (χ0) is 18.0. The summed E-state index contributed by atoms with van der Waals surface area (Å²) in [5, 5.41) is 0. The second-order valence-electron chi connectivity index (χ2n) is 6.19. The highest BCUT2D eigenvalue weighted by atomic mass is 32.2. The van der Waals surface area contributed by atoms with Crippen molar-refractivity contribution in [2.45, 2.75) is 18.7 Å². The summed E-state index contributed by atoms with van der Waals surface area (Å²) in [6.45, 7) is 5.67. The highest BCUT2D eigenvalue weighted by Gasteiger charge is 2.26. The van der Waals surface area contributed by atoms with Crippen LogP contribution in [0.15, 0.2) is 23.1 Å². The van der Waals surface area contributed by atoms with Crippen molar-refractivity contribution >= 4 is 20.0 Å². The van der Waals surface area contributed by atoms with Crippen LogP contribution in [0.2, 0.25) is 0 Å². The number of likely N-dealkylation sites (N-methyl/N-ethyl adjacent to an activating group) is 1. The lowest BCUT2D eigenvalue weighted by atomic mass is 10.2. The van der Waals surface area contributed by atoms with Gasteiger partial charge in [-0.15, -0.1) is 0 Å². The summed E-state index contributed by atoms with van der Waals surface area (Å²) in [7, 11) is -5.22. The Kier molecular flexibility index (Phi) is 6.03. The second-order valence-corrected chi connectivity index (χ2v) is 10.0. The lowest BCUT2D eigenvalue weighted by Gasteiger charge is -2.31. The monoisotopic (exact) mass is 375 g/mol. The molecule has 1 aliphatic rings. The van der Waals surface area contributed by atoms with Crippen molar-refractivity contribution in [1.29, 1.82) is 0 Å². The number of hydrogen-bond acceptors (Lipinski definition) is 5. The van der Waals surface area contributed by atoms with Gasteiger partial charge in [-0.3, -0.25) is 0 Å². The number of aryl methyl sites for hydroxylation is 2. The van der Waals surface area contributed by atoms with E-state index in [9.17, 15) is 16.8 Å². The van der Waals surface area contributed by atoms with Crippen LogP contribution in [-0.2, 0) is 20.0 Å². The molecule has 1 saturated heterocycles. The number of sulfonamides is 2. The van der Waals surface area contributed by atoms with Crippen molar-refractivity contribution in [3.8, 4) is 0 Å². The molecule has 0 saturated carbocycles. The van der Waals surface area contributed by atoms with Crippen LogP contribution in [0.3, 0.4) is 0 Å². The average Bonchev–Trinajstić information content (AvgIpc) is 2.49. The minimum atomic E-state index is -3.72. The second kappa shape index (κ2) is 7.49. The molecule has 0 spiro atoms. The van der Waals surface area contributed by atoms with Gasteiger partial charge < -0.3 is 4.90 Å². The van der Waals surface area contributed by atoms with Gasteiger partial charge in [-0.1, -0.05) is 12.1 Å². The first-order chi connectivity index (χ1) is 11.1. The molecule has 0 aliphatic carbocycles. The third-order valence-electron chi connectivity index (χ3n) is 4.14.